The lowest BCUT2D eigenvalue weighted by Crippen LogP contribution is -2.02. The van der Waals surface area contributed by atoms with Crippen LogP contribution in [0.2, 0.25) is 5.02 Å². The van der Waals surface area contributed by atoms with Crippen molar-refractivity contribution in [2.24, 2.45) is 0 Å². The van der Waals surface area contributed by atoms with Crippen LogP contribution in [0.4, 0.5) is 5.82 Å². The fraction of sp³-hybridized carbons (Fsp3) is 0.105. The van der Waals surface area contributed by atoms with Crippen LogP contribution in [0, 0.1) is 0 Å². The molecule has 0 unspecified atom stereocenters. The Morgan fingerprint density at radius 1 is 1.07 bits per heavy atom. The zero-order valence-corrected chi connectivity index (χ0v) is 16.7. The molecule has 0 fully saturated rings. The van der Waals surface area contributed by atoms with E-state index in [4.69, 9.17) is 26.8 Å². The van der Waals surface area contributed by atoms with Gasteiger partial charge in [0.1, 0.15) is 16.5 Å². The Balaban J connectivity index is 1.72. The van der Waals surface area contributed by atoms with E-state index in [0.29, 0.717) is 27.3 Å². The van der Waals surface area contributed by atoms with E-state index in [1.54, 1.807) is 31.0 Å². The second-order valence-corrected chi connectivity index (χ2v) is 7.11. The van der Waals surface area contributed by atoms with Gasteiger partial charge in [-0.25, -0.2) is 4.98 Å². The molecule has 9 heteroatoms. The molecule has 0 aliphatic rings. The van der Waals surface area contributed by atoms with Crippen LogP contribution in [-0.4, -0.2) is 34.2 Å². The van der Waals surface area contributed by atoms with Crippen molar-refractivity contribution in [3.63, 3.8) is 0 Å². The lowest BCUT2D eigenvalue weighted by molar-refractivity contribution is 0.404. The number of benzene rings is 2. The molecule has 0 bridgehead atoms. The Labute approximate surface area is 170 Å². The minimum Gasteiger partial charge on any atom is -0.497 e. The summed E-state index contributed by atoms with van der Waals surface area (Å²) in [5, 5.41) is 11.6. The van der Waals surface area contributed by atoms with Gasteiger partial charge in [-0.15, -0.1) is 16.4 Å². The summed E-state index contributed by atoms with van der Waals surface area (Å²) in [7, 11) is 3.24. The average Bonchev–Trinajstić information content (AvgIpc) is 3.35. The van der Waals surface area contributed by atoms with Gasteiger partial charge in [0.15, 0.2) is 11.5 Å². The minimum atomic E-state index is 0.404. The zero-order valence-electron chi connectivity index (χ0n) is 15.1. The van der Waals surface area contributed by atoms with Gasteiger partial charge >= 0.3 is 0 Å². The second kappa shape index (κ2) is 7.49. The van der Waals surface area contributed by atoms with Crippen LogP contribution >= 0.6 is 22.9 Å². The smallest absolute Gasteiger partial charge is 0.165 e. The number of thiazole rings is 1. The first-order valence-electron chi connectivity index (χ1n) is 8.26. The number of nitrogens with zero attached hydrogens (tertiary/aromatic N) is 4. The maximum Gasteiger partial charge on any atom is 0.165 e. The van der Waals surface area contributed by atoms with E-state index in [0.717, 1.165) is 22.7 Å². The number of halogens is 1. The lowest BCUT2D eigenvalue weighted by atomic mass is 10.1. The fourth-order valence-electron chi connectivity index (χ4n) is 2.73. The highest BCUT2D eigenvalue weighted by Crippen LogP contribution is 2.37. The molecule has 2 heterocycles. The lowest BCUT2D eigenvalue weighted by Gasteiger charge is -2.08. The largest absolute Gasteiger partial charge is 0.497 e. The van der Waals surface area contributed by atoms with Gasteiger partial charge in [0, 0.05) is 16.0 Å². The van der Waals surface area contributed by atoms with Crippen LogP contribution in [0.5, 0.6) is 11.5 Å². The molecular weight excluding hydrogens is 398 g/mol. The van der Waals surface area contributed by atoms with Gasteiger partial charge in [0.2, 0.25) is 0 Å². The monoisotopic (exact) mass is 413 g/mol. The predicted octanol–water partition coefficient (Wildman–Crippen LogP) is 4.31. The van der Waals surface area contributed by atoms with Gasteiger partial charge in [0.05, 0.1) is 25.6 Å². The molecule has 28 heavy (non-hydrogen) atoms. The first-order valence-corrected chi connectivity index (χ1v) is 9.52. The summed E-state index contributed by atoms with van der Waals surface area (Å²) in [4.78, 5) is 4.68. The summed E-state index contributed by atoms with van der Waals surface area (Å²) in [6, 6.07) is 12.8. The third-order valence-corrected chi connectivity index (χ3v) is 5.27. The van der Waals surface area contributed by atoms with Crippen molar-refractivity contribution in [2.45, 2.75) is 0 Å². The summed E-state index contributed by atoms with van der Waals surface area (Å²) in [6.07, 6.45) is 0. The highest BCUT2D eigenvalue weighted by atomic mass is 35.5. The summed E-state index contributed by atoms with van der Waals surface area (Å²) >= 11 is 7.37. The molecule has 2 aromatic carbocycles. The molecule has 0 aliphatic heterocycles. The first-order chi connectivity index (χ1) is 13.6. The van der Waals surface area contributed by atoms with Gasteiger partial charge < -0.3 is 15.2 Å². The molecule has 2 aromatic heterocycles. The van der Waals surface area contributed by atoms with Crippen LogP contribution in [0.15, 0.2) is 47.8 Å². The molecule has 142 valence electrons. The van der Waals surface area contributed by atoms with Gasteiger partial charge in [-0.2, -0.15) is 4.68 Å². The van der Waals surface area contributed by atoms with Gasteiger partial charge in [-0.3, -0.25) is 0 Å². The fourth-order valence-corrected chi connectivity index (χ4v) is 3.67. The molecule has 0 saturated carbocycles. The van der Waals surface area contributed by atoms with Crippen LogP contribution in [0.3, 0.4) is 0 Å². The molecule has 0 radical (unpaired) electrons. The molecule has 0 atom stereocenters. The van der Waals surface area contributed by atoms with Crippen LogP contribution in [0.25, 0.3) is 27.6 Å². The number of methoxy groups -OCH3 is 2. The molecule has 2 N–H and O–H groups in total. The van der Waals surface area contributed by atoms with Crippen LogP contribution in [0.1, 0.15) is 0 Å². The van der Waals surface area contributed by atoms with Gasteiger partial charge in [0.25, 0.3) is 0 Å². The molecule has 0 aliphatic carbocycles. The molecular formula is C19H16ClN5O2S. The number of hydrogen-bond donors (Lipinski definition) is 1. The molecule has 4 rings (SSSR count). The van der Waals surface area contributed by atoms with Crippen LogP contribution < -0.4 is 15.2 Å². The number of rotatable bonds is 5. The highest BCUT2D eigenvalue weighted by Gasteiger charge is 2.18. The second-order valence-electron chi connectivity index (χ2n) is 5.82. The van der Waals surface area contributed by atoms with Crippen molar-refractivity contribution in [2.75, 3.05) is 20.0 Å². The third-order valence-electron chi connectivity index (χ3n) is 4.17. The number of ether oxygens (including phenoxy) is 2. The SMILES string of the molecule is COc1ccc(OC)c(-c2csc(-c3nnn(-c4ccc(Cl)cc4)c3N)n2)c1. The van der Waals surface area contributed by atoms with E-state index < -0.39 is 0 Å². The van der Waals surface area contributed by atoms with E-state index in [-0.39, 0.29) is 0 Å². The number of aromatic nitrogens is 4. The van der Waals surface area contributed by atoms with E-state index in [2.05, 4.69) is 15.3 Å². The van der Waals surface area contributed by atoms with Crippen molar-refractivity contribution >= 4 is 28.8 Å². The van der Waals surface area contributed by atoms with E-state index >= 15 is 0 Å². The quantitative estimate of drug-likeness (QED) is 0.524. The Morgan fingerprint density at radius 2 is 1.86 bits per heavy atom. The summed E-state index contributed by atoms with van der Waals surface area (Å²) in [5.74, 6) is 1.83. The topological polar surface area (TPSA) is 88.1 Å². The predicted molar refractivity (Wildman–Crippen MR) is 110 cm³/mol. The Hall–Kier alpha value is -3.10. The maximum atomic E-state index is 6.28. The van der Waals surface area contributed by atoms with Crippen molar-refractivity contribution in [1.29, 1.82) is 0 Å². The number of nitrogens with two attached hydrogens (primary N) is 1. The maximum absolute atomic E-state index is 6.28. The third kappa shape index (κ3) is 3.28. The van der Waals surface area contributed by atoms with Crippen molar-refractivity contribution in [3.8, 4) is 39.1 Å². The molecule has 0 saturated heterocycles. The van der Waals surface area contributed by atoms with E-state index in [9.17, 15) is 0 Å². The van der Waals surface area contributed by atoms with Crippen molar-refractivity contribution in [3.05, 3.63) is 52.9 Å². The zero-order chi connectivity index (χ0) is 19.7. The molecule has 0 amide bonds. The Morgan fingerprint density at radius 3 is 2.57 bits per heavy atom. The van der Waals surface area contributed by atoms with Gasteiger partial charge in [-0.1, -0.05) is 16.8 Å². The number of anilines is 1. The highest BCUT2D eigenvalue weighted by molar-refractivity contribution is 7.13. The molecule has 7 nitrogen and oxygen atoms in total. The van der Waals surface area contributed by atoms with Crippen molar-refractivity contribution < 1.29 is 9.47 Å². The van der Waals surface area contributed by atoms with Crippen LogP contribution in [-0.2, 0) is 0 Å². The molecule has 4 aromatic rings. The summed E-state index contributed by atoms with van der Waals surface area (Å²) < 4.78 is 12.3. The summed E-state index contributed by atoms with van der Waals surface area (Å²) in [5.41, 5.74) is 9.15. The summed E-state index contributed by atoms with van der Waals surface area (Å²) in [6.45, 7) is 0. The number of hydrogen-bond acceptors (Lipinski definition) is 7. The Kier molecular flexibility index (Phi) is 4.89. The number of nitrogen functional groups attached to an aromatic ring is 1. The molecule has 0 spiro atoms. The van der Waals surface area contributed by atoms with Crippen molar-refractivity contribution in [1.82, 2.24) is 20.0 Å². The van der Waals surface area contributed by atoms with E-state index in [1.807, 2.05) is 35.7 Å². The Bertz CT molecular complexity index is 1120. The normalized spacial score (nSPS) is 10.8. The van der Waals surface area contributed by atoms with E-state index in [1.165, 1.54) is 11.3 Å². The van der Waals surface area contributed by atoms with Gasteiger partial charge in [-0.05, 0) is 42.5 Å². The average molecular weight is 414 g/mol. The minimum absolute atomic E-state index is 0.404. The first kappa shape index (κ1) is 18.3. The standard InChI is InChI=1S/C19H16ClN5O2S/c1-26-13-7-8-16(27-2)14(9-13)15-10-28-19(22-15)17-18(21)25(24-23-17)12-5-3-11(20)4-6-12/h3-10H,21H2,1-2H3.